The number of ether oxygens (including phenoxy) is 1. The number of carbonyl (C=O) groups excluding carboxylic acids is 2. The molecule has 1 aliphatic heterocycles. The Bertz CT molecular complexity index is 1360. The number of aromatic nitrogens is 4. The van der Waals surface area contributed by atoms with Gasteiger partial charge in [-0.25, -0.2) is 4.68 Å². The highest BCUT2D eigenvalue weighted by Crippen LogP contribution is 2.28. The first-order valence-corrected chi connectivity index (χ1v) is 11.9. The number of amides is 2. The number of carbonyl (C=O) groups is 2. The minimum Gasteiger partial charge on any atom is -0.497 e. The SMILES string of the molecule is COc1ccc2[nH]cc(CCNC(=O)CCC(=O)N3CCCn4nc(-c5cccn5C)cc43)c2c1. The van der Waals surface area contributed by atoms with Crippen LogP contribution in [-0.4, -0.2) is 51.3 Å². The molecule has 35 heavy (non-hydrogen) atoms. The average molecular weight is 475 g/mol. The standard InChI is InChI=1S/C26H30N6O3/c1-30-12-3-5-23(30)22-16-25-31(13-4-14-32(25)29-22)26(34)9-8-24(33)27-11-10-18-17-28-21-7-6-19(35-2)15-20(18)21/h3,5-7,12,15-17,28H,4,8-11,13-14H2,1-2H3,(H,27,33). The lowest BCUT2D eigenvalue weighted by molar-refractivity contribution is -0.125. The number of nitrogens with one attached hydrogen (secondary N) is 2. The van der Waals surface area contributed by atoms with Gasteiger partial charge in [0.25, 0.3) is 0 Å². The third-order valence-electron chi connectivity index (χ3n) is 6.55. The zero-order valence-electron chi connectivity index (χ0n) is 20.1. The summed E-state index contributed by atoms with van der Waals surface area (Å²) in [5, 5.41) is 8.73. The van der Waals surface area contributed by atoms with Gasteiger partial charge in [-0.15, -0.1) is 0 Å². The summed E-state index contributed by atoms with van der Waals surface area (Å²) in [6, 6.07) is 11.8. The summed E-state index contributed by atoms with van der Waals surface area (Å²) < 4.78 is 9.22. The van der Waals surface area contributed by atoms with Crippen molar-refractivity contribution in [3.05, 3.63) is 54.4 Å². The summed E-state index contributed by atoms with van der Waals surface area (Å²) in [6.45, 7) is 1.93. The molecule has 3 aromatic heterocycles. The number of benzene rings is 1. The first-order valence-electron chi connectivity index (χ1n) is 11.9. The van der Waals surface area contributed by atoms with Gasteiger partial charge in [-0.05, 0) is 48.7 Å². The molecule has 0 unspecified atom stereocenters. The van der Waals surface area contributed by atoms with Gasteiger partial charge in [0, 0.05) is 68.9 Å². The van der Waals surface area contributed by atoms with Crippen LogP contribution in [0.4, 0.5) is 5.82 Å². The lowest BCUT2D eigenvalue weighted by Crippen LogP contribution is -2.38. The van der Waals surface area contributed by atoms with E-state index in [1.54, 1.807) is 12.0 Å². The van der Waals surface area contributed by atoms with Crippen molar-refractivity contribution in [3.63, 3.8) is 0 Å². The molecule has 2 N–H and O–H groups in total. The van der Waals surface area contributed by atoms with E-state index < -0.39 is 0 Å². The van der Waals surface area contributed by atoms with E-state index in [1.165, 1.54) is 0 Å². The summed E-state index contributed by atoms with van der Waals surface area (Å²) in [6.07, 6.45) is 5.80. The van der Waals surface area contributed by atoms with Crippen molar-refractivity contribution < 1.29 is 14.3 Å². The van der Waals surface area contributed by atoms with Crippen molar-refractivity contribution >= 4 is 28.5 Å². The van der Waals surface area contributed by atoms with Gasteiger partial charge >= 0.3 is 0 Å². The minimum atomic E-state index is -0.120. The topological polar surface area (TPSA) is 97.2 Å². The van der Waals surface area contributed by atoms with Crippen molar-refractivity contribution in [2.24, 2.45) is 7.05 Å². The molecule has 0 fully saturated rings. The van der Waals surface area contributed by atoms with E-state index >= 15 is 0 Å². The Morgan fingerprint density at radius 1 is 1.17 bits per heavy atom. The molecule has 0 saturated heterocycles. The first-order chi connectivity index (χ1) is 17.0. The number of aryl methyl sites for hydroxylation is 2. The number of methoxy groups -OCH3 is 1. The van der Waals surface area contributed by atoms with Crippen molar-refractivity contribution in [2.45, 2.75) is 32.2 Å². The molecule has 0 atom stereocenters. The van der Waals surface area contributed by atoms with Gasteiger partial charge in [0.15, 0.2) is 0 Å². The van der Waals surface area contributed by atoms with Crippen molar-refractivity contribution in [2.75, 3.05) is 25.1 Å². The summed E-state index contributed by atoms with van der Waals surface area (Å²) in [7, 11) is 3.62. The molecule has 1 aliphatic rings. The number of fused-ring (bicyclic) bond motifs is 2. The van der Waals surface area contributed by atoms with Gasteiger partial charge in [0.1, 0.15) is 17.3 Å². The predicted octanol–water partition coefficient (Wildman–Crippen LogP) is 3.25. The molecule has 4 heterocycles. The van der Waals surface area contributed by atoms with Crippen LogP contribution in [0, 0.1) is 0 Å². The van der Waals surface area contributed by atoms with Crippen molar-refractivity contribution in [1.29, 1.82) is 0 Å². The van der Waals surface area contributed by atoms with Crippen LogP contribution < -0.4 is 15.0 Å². The van der Waals surface area contributed by atoms with Crippen LogP contribution in [0.2, 0.25) is 0 Å². The summed E-state index contributed by atoms with van der Waals surface area (Å²) in [5.41, 5.74) is 4.01. The van der Waals surface area contributed by atoms with Crippen molar-refractivity contribution in [1.82, 2.24) is 24.6 Å². The van der Waals surface area contributed by atoms with Crippen LogP contribution in [-0.2, 0) is 29.6 Å². The number of rotatable bonds is 8. The quantitative estimate of drug-likeness (QED) is 0.410. The number of nitrogens with zero attached hydrogens (tertiary/aromatic N) is 4. The van der Waals surface area contributed by atoms with Gasteiger partial charge < -0.3 is 19.6 Å². The maximum Gasteiger partial charge on any atom is 0.228 e. The molecule has 9 heteroatoms. The maximum absolute atomic E-state index is 13.0. The number of hydrogen-bond acceptors (Lipinski definition) is 4. The predicted molar refractivity (Wildman–Crippen MR) is 134 cm³/mol. The second-order valence-corrected chi connectivity index (χ2v) is 8.84. The highest BCUT2D eigenvalue weighted by Gasteiger charge is 2.25. The molecule has 0 saturated carbocycles. The Balaban J connectivity index is 1.15. The minimum absolute atomic E-state index is 0.0526. The summed E-state index contributed by atoms with van der Waals surface area (Å²) in [5.74, 6) is 1.43. The zero-order valence-corrected chi connectivity index (χ0v) is 20.1. The Kier molecular flexibility index (Phi) is 6.31. The lowest BCUT2D eigenvalue weighted by Gasteiger charge is -2.27. The maximum atomic E-state index is 13.0. The molecule has 2 amide bonds. The number of anilines is 1. The normalized spacial score (nSPS) is 13.1. The molecule has 182 valence electrons. The Hall–Kier alpha value is -4.01. The fourth-order valence-corrected chi connectivity index (χ4v) is 4.66. The van der Waals surface area contributed by atoms with Crippen LogP contribution in [0.25, 0.3) is 22.3 Å². The Labute approximate surface area is 203 Å². The van der Waals surface area contributed by atoms with E-state index in [4.69, 9.17) is 9.84 Å². The van der Waals surface area contributed by atoms with E-state index in [1.807, 2.05) is 65.1 Å². The molecule has 1 aromatic carbocycles. The van der Waals surface area contributed by atoms with Crippen molar-refractivity contribution in [3.8, 4) is 17.1 Å². The average Bonchev–Trinajstić information content (AvgIpc) is 3.59. The monoisotopic (exact) mass is 474 g/mol. The van der Waals surface area contributed by atoms with Gasteiger partial charge in [0.2, 0.25) is 11.8 Å². The molecule has 0 aliphatic carbocycles. The second kappa shape index (κ2) is 9.69. The van der Waals surface area contributed by atoms with Gasteiger partial charge in [-0.3, -0.25) is 14.5 Å². The van der Waals surface area contributed by atoms with Crippen LogP contribution in [0.5, 0.6) is 5.75 Å². The number of hydrogen-bond donors (Lipinski definition) is 2. The van der Waals surface area contributed by atoms with E-state index in [0.717, 1.165) is 52.4 Å². The zero-order chi connectivity index (χ0) is 24.4. The largest absolute Gasteiger partial charge is 0.497 e. The lowest BCUT2D eigenvalue weighted by atomic mass is 10.1. The number of H-pyrrole nitrogens is 1. The molecular formula is C26H30N6O3. The highest BCUT2D eigenvalue weighted by molar-refractivity contribution is 5.95. The fourth-order valence-electron chi connectivity index (χ4n) is 4.66. The highest BCUT2D eigenvalue weighted by atomic mass is 16.5. The Morgan fingerprint density at radius 2 is 2.06 bits per heavy atom. The molecule has 5 rings (SSSR count). The molecule has 0 radical (unpaired) electrons. The van der Waals surface area contributed by atoms with Crippen LogP contribution in [0.1, 0.15) is 24.8 Å². The smallest absolute Gasteiger partial charge is 0.228 e. The van der Waals surface area contributed by atoms with Gasteiger partial charge in [-0.1, -0.05) is 0 Å². The third kappa shape index (κ3) is 4.66. The second-order valence-electron chi connectivity index (χ2n) is 8.84. The molecule has 4 aromatic rings. The molecule has 0 spiro atoms. The van der Waals surface area contributed by atoms with E-state index in [0.29, 0.717) is 19.5 Å². The summed E-state index contributed by atoms with van der Waals surface area (Å²) in [4.78, 5) is 30.4. The third-order valence-corrected chi connectivity index (χ3v) is 6.55. The van der Waals surface area contributed by atoms with E-state index in [9.17, 15) is 9.59 Å². The van der Waals surface area contributed by atoms with Gasteiger partial charge in [0.05, 0.1) is 12.8 Å². The van der Waals surface area contributed by atoms with E-state index in [2.05, 4.69) is 10.3 Å². The summed E-state index contributed by atoms with van der Waals surface area (Å²) >= 11 is 0. The molecule has 0 bridgehead atoms. The molecule has 9 nitrogen and oxygen atoms in total. The fraction of sp³-hybridized carbons (Fsp3) is 0.346. The Morgan fingerprint density at radius 3 is 2.86 bits per heavy atom. The van der Waals surface area contributed by atoms with Gasteiger partial charge in [-0.2, -0.15) is 5.10 Å². The first kappa shape index (κ1) is 22.8. The van der Waals surface area contributed by atoms with Crippen LogP contribution >= 0.6 is 0 Å². The molecular weight excluding hydrogens is 444 g/mol. The van der Waals surface area contributed by atoms with E-state index in [-0.39, 0.29) is 24.7 Å². The van der Waals surface area contributed by atoms with Crippen LogP contribution in [0.15, 0.2) is 48.8 Å². The number of aromatic amines is 1. The van der Waals surface area contributed by atoms with Crippen LogP contribution in [0.3, 0.4) is 0 Å².